The van der Waals surface area contributed by atoms with Crippen LogP contribution in [0.25, 0.3) is 11.1 Å². The molecule has 0 aliphatic heterocycles. The van der Waals surface area contributed by atoms with Crippen LogP contribution in [-0.2, 0) is 6.42 Å². The molecule has 0 amide bonds. The number of aryl methyl sites for hydroxylation is 1. The van der Waals surface area contributed by atoms with E-state index in [1.165, 1.54) is 79.2 Å². The minimum absolute atomic E-state index is 0.213. The summed E-state index contributed by atoms with van der Waals surface area (Å²) in [5.74, 6) is 3.96. The van der Waals surface area contributed by atoms with Gasteiger partial charge in [-0.05, 0) is 142 Å². The first kappa shape index (κ1) is 28.1. The third kappa shape index (κ3) is 8.03. The first-order valence-corrected chi connectivity index (χ1v) is 15.1. The molecule has 2 aliphatic carbocycles. The van der Waals surface area contributed by atoms with Gasteiger partial charge in [-0.25, -0.2) is 0 Å². The van der Waals surface area contributed by atoms with Gasteiger partial charge in [0.2, 0.25) is 0 Å². The van der Waals surface area contributed by atoms with Crippen molar-refractivity contribution in [1.82, 2.24) is 0 Å². The van der Waals surface area contributed by atoms with Crippen molar-refractivity contribution in [2.24, 2.45) is 23.7 Å². The van der Waals surface area contributed by atoms with E-state index in [1.807, 2.05) is 0 Å². The van der Waals surface area contributed by atoms with Gasteiger partial charge in [0.1, 0.15) is 0 Å². The van der Waals surface area contributed by atoms with Crippen molar-refractivity contribution >= 4 is 0 Å². The van der Waals surface area contributed by atoms with E-state index in [4.69, 9.17) is 0 Å². The number of hydrogen-bond donors (Lipinski definition) is 1. The van der Waals surface area contributed by atoms with Crippen LogP contribution in [0.4, 0.5) is 4.39 Å². The van der Waals surface area contributed by atoms with Crippen molar-refractivity contribution in [3.8, 4) is 11.1 Å². The SMILES string of the molecule is C=C(C)CC(CCO)C1CCC(C2CCC(c3ccc(-c4ccc(CCCCF)cc4)cc3)CC2)CC1. The second-order valence-corrected chi connectivity index (χ2v) is 12.2. The van der Waals surface area contributed by atoms with Crippen LogP contribution < -0.4 is 0 Å². The van der Waals surface area contributed by atoms with E-state index in [0.717, 1.165) is 43.4 Å². The molecular weight excluding hydrogens is 455 g/mol. The third-order valence-corrected chi connectivity index (χ3v) is 9.55. The van der Waals surface area contributed by atoms with Crippen LogP contribution in [0, 0.1) is 23.7 Å². The number of benzene rings is 2. The average Bonchev–Trinajstić information content (AvgIpc) is 2.93. The summed E-state index contributed by atoms with van der Waals surface area (Å²) in [5, 5.41) is 9.53. The van der Waals surface area contributed by atoms with Crippen molar-refractivity contribution in [2.75, 3.05) is 13.3 Å². The zero-order valence-corrected chi connectivity index (χ0v) is 23.1. The summed E-state index contributed by atoms with van der Waals surface area (Å²) < 4.78 is 12.3. The van der Waals surface area contributed by atoms with Crippen LogP contribution in [0.5, 0.6) is 0 Å². The van der Waals surface area contributed by atoms with E-state index >= 15 is 0 Å². The topological polar surface area (TPSA) is 20.2 Å². The quantitative estimate of drug-likeness (QED) is 0.225. The summed E-state index contributed by atoms with van der Waals surface area (Å²) in [7, 11) is 0. The number of aliphatic hydroxyl groups excluding tert-OH is 1. The molecule has 0 radical (unpaired) electrons. The molecule has 2 fully saturated rings. The van der Waals surface area contributed by atoms with Crippen LogP contribution in [0.3, 0.4) is 0 Å². The van der Waals surface area contributed by atoms with Crippen LogP contribution in [0.2, 0.25) is 0 Å². The highest BCUT2D eigenvalue weighted by atomic mass is 19.1. The predicted octanol–water partition coefficient (Wildman–Crippen LogP) is 9.69. The van der Waals surface area contributed by atoms with Crippen molar-refractivity contribution in [2.45, 2.75) is 96.3 Å². The Morgan fingerprint density at radius 3 is 1.95 bits per heavy atom. The second-order valence-electron chi connectivity index (χ2n) is 12.2. The lowest BCUT2D eigenvalue weighted by molar-refractivity contribution is 0.121. The lowest BCUT2D eigenvalue weighted by Gasteiger charge is -2.40. The van der Waals surface area contributed by atoms with Gasteiger partial charge in [-0.3, -0.25) is 4.39 Å². The molecule has 2 saturated carbocycles. The van der Waals surface area contributed by atoms with Gasteiger partial charge in [-0.1, -0.05) is 54.1 Å². The van der Waals surface area contributed by atoms with E-state index < -0.39 is 0 Å². The first-order valence-electron chi connectivity index (χ1n) is 15.1. The highest BCUT2D eigenvalue weighted by Gasteiger charge is 2.33. The minimum Gasteiger partial charge on any atom is -0.396 e. The van der Waals surface area contributed by atoms with Gasteiger partial charge in [0, 0.05) is 6.61 Å². The first-order chi connectivity index (χ1) is 18.1. The normalized spacial score (nSPS) is 25.1. The zero-order chi connectivity index (χ0) is 26.0. The Morgan fingerprint density at radius 2 is 1.41 bits per heavy atom. The molecule has 0 heterocycles. The maximum Gasteiger partial charge on any atom is 0.0894 e. The smallest absolute Gasteiger partial charge is 0.0894 e. The summed E-state index contributed by atoms with van der Waals surface area (Å²) in [4.78, 5) is 0. The molecule has 1 unspecified atom stereocenters. The molecule has 1 atom stereocenters. The number of alkyl halides is 1. The highest BCUT2D eigenvalue weighted by molar-refractivity contribution is 5.64. The number of allylic oxidation sites excluding steroid dienone is 1. The molecule has 2 aromatic rings. The van der Waals surface area contributed by atoms with Crippen molar-refractivity contribution in [3.05, 3.63) is 71.8 Å². The van der Waals surface area contributed by atoms with Crippen LogP contribution in [-0.4, -0.2) is 18.4 Å². The molecule has 4 rings (SSSR count). The summed E-state index contributed by atoms with van der Waals surface area (Å²) in [5.41, 5.74) is 6.64. The maximum atomic E-state index is 12.3. The monoisotopic (exact) mass is 504 g/mol. The number of rotatable bonds is 12. The maximum absolute atomic E-state index is 12.3. The molecule has 2 aromatic carbocycles. The Labute approximate surface area is 225 Å². The van der Waals surface area contributed by atoms with E-state index in [9.17, 15) is 9.50 Å². The van der Waals surface area contributed by atoms with Gasteiger partial charge in [0.25, 0.3) is 0 Å². The number of halogens is 1. The Balaban J connectivity index is 1.24. The molecule has 2 aliphatic rings. The molecular formula is C35H49FO. The average molecular weight is 505 g/mol. The van der Waals surface area contributed by atoms with E-state index in [-0.39, 0.29) is 6.67 Å². The zero-order valence-electron chi connectivity index (χ0n) is 23.1. The molecule has 37 heavy (non-hydrogen) atoms. The molecule has 0 spiro atoms. The van der Waals surface area contributed by atoms with Crippen LogP contribution in [0.1, 0.15) is 101 Å². The molecule has 202 valence electrons. The predicted molar refractivity (Wildman–Crippen MR) is 156 cm³/mol. The molecule has 1 nitrogen and oxygen atoms in total. The molecule has 0 aromatic heterocycles. The van der Waals surface area contributed by atoms with Gasteiger partial charge >= 0.3 is 0 Å². The van der Waals surface area contributed by atoms with Gasteiger partial charge in [-0.2, -0.15) is 0 Å². The fourth-order valence-corrected chi connectivity index (χ4v) is 7.36. The van der Waals surface area contributed by atoms with Crippen molar-refractivity contribution < 1.29 is 9.50 Å². The van der Waals surface area contributed by atoms with Crippen LogP contribution >= 0.6 is 0 Å². The van der Waals surface area contributed by atoms with Crippen molar-refractivity contribution in [1.29, 1.82) is 0 Å². The Kier molecular flexibility index (Phi) is 10.8. The molecule has 0 bridgehead atoms. The minimum atomic E-state index is -0.213. The number of hydrogen-bond acceptors (Lipinski definition) is 1. The molecule has 0 saturated heterocycles. The fraction of sp³-hybridized carbons (Fsp3) is 0.600. The summed E-state index contributed by atoms with van der Waals surface area (Å²) in [6, 6.07) is 18.2. The van der Waals surface area contributed by atoms with Gasteiger partial charge in [0.15, 0.2) is 0 Å². The summed E-state index contributed by atoms with van der Waals surface area (Å²) in [6.45, 7) is 6.38. The lowest BCUT2D eigenvalue weighted by atomic mass is 9.66. The van der Waals surface area contributed by atoms with Gasteiger partial charge < -0.3 is 5.11 Å². The number of unbranched alkanes of at least 4 members (excludes halogenated alkanes) is 1. The standard InChI is InChI=1S/C35H49FO/c1-26(2)25-35(22-24-37)34-20-18-33(19-21-34)32-16-14-31(15-17-32)30-12-10-29(11-13-30)28-8-6-27(7-9-28)5-3-4-23-36/h6-13,31-35,37H,1,3-5,14-25H2,2H3. The molecule has 2 heteroatoms. The third-order valence-electron chi connectivity index (χ3n) is 9.55. The molecule has 1 N–H and O–H groups in total. The van der Waals surface area contributed by atoms with E-state index in [2.05, 4.69) is 62.0 Å². The largest absolute Gasteiger partial charge is 0.396 e. The van der Waals surface area contributed by atoms with Crippen LogP contribution in [0.15, 0.2) is 60.7 Å². The van der Waals surface area contributed by atoms with E-state index in [1.54, 1.807) is 0 Å². The summed E-state index contributed by atoms with van der Waals surface area (Å²) >= 11 is 0. The Bertz CT molecular complexity index is 930. The lowest BCUT2D eigenvalue weighted by Crippen LogP contribution is -2.28. The number of aliphatic hydroxyl groups is 1. The van der Waals surface area contributed by atoms with Gasteiger partial charge in [-0.15, -0.1) is 6.58 Å². The van der Waals surface area contributed by atoms with Gasteiger partial charge in [0.05, 0.1) is 6.67 Å². The highest BCUT2D eigenvalue weighted by Crippen LogP contribution is 2.46. The summed E-state index contributed by atoms with van der Waals surface area (Å²) in [6.07, 6.45) is 15.5. The Hall–Kier alpha value is -1.93. The fourth-order valence-electron chi connectivity index (χ4n) is 7.36. The van der Waals surface area contributed by atoms with E-state index in [0.29, 0.717) is 24.9 Å². The second kappa shape index (κ2) is 14.3. The Morgan fingerprint density at radius 1 is 0.838 bits per heavy atom. The van der Waals surface area contributed by atoms with Crippen molar-refractivity contribution in [3.63, 3.8) is 0 Å².